The summed E-state index contributed by atoms with van der Waals surface area (Å²) in [6, 6.07) is 16.4. The zero-order valence-corrected chi connectivity index (χ0v) is 15.5. The van der Waals surface area contributed by atoms with Crippen LogP contribution in [0.1, 0.15) is 34.5 Å². The van der Waals surface area contributed by atoms with Crippen LogP contribution in [0.5, 0.6) is 0 Å². The molecule has 0 aliphatic carbocycles. The Morgan fingerprint density at radius 3 is 2.61 bits per heavy atom. The molecule has 0 amide bonds. The average Bonchev–Trinajstić information content (AvgIpc) is 3.32. The third kappa shape index (κ3) is 3.97. The quantitative estimate of drug-likeness (QED) is 0.705. The van der Waals surface area contributed by atoms with Gasteiger partial charge in [0.1, 0.15) is 5.82 Å². The molecule has 1 unspecified atom stereocenters. The predicted molar refractivity (Wildman–Crippen MR) is 104 cm³/mol. The Labute approximate surface area is 163 Å². The van der Waals surface area contributed by atoms with Crippen molar-refractivity contribution in [3.05, 3.63) is 83.4 Å². The van der Waals surface area contributed by atoms with Gasteiger partial charge in [0.15, 0.2) is 5.69 Å². The van der Waals surface area contributed by atoms with E-state index in [1.165, 1.54) is 12.1 Å². The summed E-state index contributed by atoms with van der Waals surface area (Å²) in [5.41, 5.74) is 2.73. The Bertz CT molecular complexity index is 954. The first kappa shape index (κ1) is 18.4. The van der Waals surface area contributed by atoms with Crippen LogP contribution in [0.3, 0.4) is 0 Å². The fourth-order valence-electron chi connectivity index (χ4n) is 3.86. The molecule has 1 aromatic heterocycles. The molecule has 5 nitrogen and oxygen atoms in total. The highest BCUT2D eigenvalue weighted by Gasteiger charge is 2.27. The van der Waals surface area contributed by atoms with Crippen molar-refractivity contribution < 1.29 is 14.3 Å². The highest BCUT2D eigenvalue weighted by atomic mass is 19.1. The second kappa shape index (κ2) is 7.94. The molecule has 3 aromatic rings. The van der Waals surface area contributed by atoms with E-state index in [2.05, 4.69) is 10.00 Å². The van der Waals surface area contributed by atoms with Crippen molar-refractivity contribution in [1.82, 2.24) is 14.7 Å². The normalized spacial score (nSPS) is 17.1. The zero-order chi connectivity index (χ0) is 19.5. The van der Waals surface area contributed by atoms with E-state index in [-0.39, 0.29) is 11.5 Å². The maximum Gasteiger partial charge on any atom is 0.356 e. The van der Waals surface area contributed by atoms with Gasteiger partial charge < -0.3 is 5.11 Å². The molecule has 144 valence electrons. The summed E-state index contributed by atoms with van der Waals surface area (Å²) in [4.78, 5) is 14.0. The first-order chi connectivity index (χ1) is 13.6. The molecular weight excluding hydrogens is 357 g/mol. The van der Waals surface area contributed by atoms with Crippen LogP contribution in [0.2, 0.25) is 0 Å². The maximum absolute atomic E-state index is 13.2. The van der Waals surface area contributed by atoms with Gasteiger partial charge in [-0.05, 0) is 55.6 Å². The third-order valence-corrected chi connectivity index (χ3v) is 5.27. The summed E-state index contributed by atoms with van der Waals surface area (Å²) >= 11 is 0. The Morgan fingerprint density at radius 2 is 1.89 bits per heavy atom. The number of likely N-dealkylation sites (tertiary alicyclic amines) is 1. The number of hydrogen-bond acceptors (Lipinski definition) is 3. The molecule has 1 atom stereocenters. The molecule has 1 N–H and O–H groups in total. The first-order valence-electron chi connectivity index (χ1n) is 9.46. The zero-order valence-electron chi connectivity index (χ0n) is 15.5. The van der Waals surface area contributed by atoms with E-state index in [9.17, 15) is 14.3 Å². The van der Waals surface area contributed by atoms with Gasteiger partial charge in [0, 0.05) is 24.3 Å². The van der Waals surface area contributed by atoms with Crippen molar-refractivity contribution in [2.45, 2.75) is 31.8 Å². The highest BCUT2D eigenvalue weighted by Crippen LogP contribution is 2.25. The standard InChI is InChI=1S/C22H22FN3O2/c23-18-10-8-16(9-11-18)13-20-7-4-12-25(20)14-17-15-26(24-21(17)22(27)28)19-5-2-1-3-6-19/h1-3,5-6,8-11,15,20H,4,7,12-14H2,(H,27,28). The van der Waals surface area contributed by atoms with Gasteiger partial charge in [0.05, 0.1) is 5.69 Å². The van der Waals surface area contributed by atoms with Crippen molar-refractivity contribution in [3.63, 3.8) is 0 Å². The van der Waals surface area contributed by atoms with E-state index in [0.717, 1.165) is 37.1 Å². The molecule has 1 fully saturated rings. The van der Waals surface area contributed by atoms with Gasteiger partial charge in [-0.3, -0.25) is 4.90 Å². The molecule has 0 spiro atoms. The molecule has 1 aliphatic heterocycles. The Morgan fingerprint density at radius 1 is 1.14 bits per heavy atom. The van der Waals surface area contributed by atoms with Crippen LogP contribution in [-0.2, 0) is 13.0 Å². The average molecular weight is 379 g/mol. The summed E-state index contributed by atoms with van der Waals surface area (Å²) in [5.74, 6) is -1.24. The van der Waals surface area contributed by atoms with Crippen LogP contribution < -0.4 is 0 Å². The summed E-state index contributed by atoms with van der Waals surface area (Å²) < 4.78 is 14.8. The molecule has 28 heavy (non-hydrogen) atoms. The number of benzene rings is 2. The highest BCUT2D eigenvalue weighted by molar-refractivity contribution is 5.87. The van der Waals surface area contributed by atoms with Crippen LogP contribution in [0.25, 0.3) is 5.69 Å². The molecule has 2 aromatic carbocycles. The summed E-state index contributed by atoms with van der Waals surface area (Å²) in [5, 5.41) is 13.9. The lowest BCUT2D eigenvalue weighted by atomic mass is 10.0. The molecule has 4 rings (SSSR count). The number of carboxylic acid groups (broad SMARTS) is 1. The summed E-state index contributed by atoms with van der Waals surface area (Å²) in [6.07, 6.45) is 4.76. The number of para-hydroxylation sites is 1. The number of aromatic nitrogens is 2. The second-order valence-electron chi connectivity index (χ2n) is 7.19. The predicted octanol–water partition coefficient (Wildman–Crippen LogP) is 3.92. The minimum absolute atomic E-state index is 0.0938. The fourth-order valence-corrected chi connectivity index (χ4v) is 3.86. The first-order valence-corrected chi connectivity index (χ1v) is 9.46. The summed E-state index contributed by atoms with van der Waals surface area (Å²) in [7, 11) is 0. The fraction of sp³-hybridized carbons (Fsp3) is 0.273. The summed E-state index contributed by atoms with van der Waals surface area (Å²) in [6.45, 7) is 1.46. The van der Waals surface area contributed by atoms with E-state index in [4.69, 9.17) is 0 Å². The Balaban J connectivity index is 1.54. The topological polar surface area (TPSA) is 58.4 Å². The number of carbonyl (C=O) groups is 1. The molecule has 0 bridgehead atoms. The van der Waals surface area contributed by atoms with Gasteiger partial charge in [0.25, 0.3) is 0 Å². The smallest absolute Gasteiger partial charge is 0.356 e. The molecule has 1 saturated heterocycles. The van der Waals surface area contributed by atoms with Crippen LogP contribution in [-0.4, -0.2) is 38.3 Å². The van der Waals surface area contributed by atoms with Gasteiger partial charge >= 0.3 is 5.97 Å². The van der Waals surface area contributed by atoms with Crippen molar-refractivity contribution in [3.8, 4) is 5.69 Å². The minimum Gasteiger partial charge on any atom is -0.476 e. The largest absolute Gasteiger partial charge is 0.476 e. The SMILES string of the molecule is O=C(O)c1nn(-c2ccccc2)cc1CN1CCCC1Cc1ccc(F)cc1. The van der Waals surface area contributed by atoms with Crippen LogP contribution >= 0.6 is 0 Å². The maximum atomic E-state index is 13.2. The molecular formula is C22H22FN3O2. The van der Waals surface area contributed by atoms with E-state index < -0.39 is 5.97 Å². The number of hydrogen-bond donors (Lipinski definition) is 1. The third-order valence-electron chi connectivity index (χ3n) is 5.27. The number of rotatable bonds is 6. The van der Waals surface area contributed by atoms with Crippen molar-refractivity contribution >= 4 is 5.97 Å². The van der Waals surface area contributed by atoms with Gasteiger partial charge in [-0.15, -0.1) is 0 Å². The van der Waals surface area contributed by atoms with Gasteiger partial charge in [0.2, 0.25) is 0 Å². The molecule has 0 radical (unpaired) electrons. The van der Waals surface area contributed by atoms with Crippen molar-refractivity contribution in [2.24, 2.45) is 0 Å². The van der Waals surface area contributed by atoms with Crippen LogP contribution in [0.15, 0.2) is 60.8 Å². The van der Waals surface area contributed by atoms with E-state index in [1.807, 2.05) is 48.7 Å². The monoisotopic (exact) mass is 379 g/mol. The lowest BCUT2D eigenvalue weighted by Crippen LogP contribution is -2.31. The number of halogens is 1. The molecule has 2 heterocycles. The van der Waals surface area contributed by atoms with E-state index >= 15 is 0 Å². The van der Waals surface area contributed by atoms with Crippen molar-refractivity contribution in [2.75, 3.05) is 6.54 Å². The van der Waals surface area contributed by atoms with E-state index in [0.29, 0.717) is 18.2 Å². The Kier molecular flexibility index (Phi) is 5.21. The minimum atomic E-state index is -1.01. The number of aromatic carboxylic acids is 1. The number of carboxylic acids is 1. The molecule has 0 saturated carbocycles. The molecule has 6 heteroatoms. The van der Waals surface area contributed by atoms with Crippen molar-refractivity contribution in [1.29, 1.82) is 0 Å². The lowest BCUT2D eigenvalue weighted by molar-refractivity contribution is 0.0687. The lowest BCUT2D eigenvalue weighted by Gasteiger charge is -2.24. The van der Waals surface area contributed by atoms with Gasteiger partial charge in [-0.25, -0.2) is 13.9 Å². The van der Waals surface area contributed by atoms with E-state index in [1.54, 1.807) is 4.68 Å². The van der Waals surface area contributed by atoms with Gasteiger partial charge in [-0.2, -0.15) is 5.10 Å². The second-order valence-corrected chi connectivity index (χ2v) is 7.19. The number of nitrogens with zero attached hydrogens (tertiary/aromatic N) is 3. The van der Waals surface area contributed by atoms with Crippen LogP contribution in [0.4, 0.5) is 4.39 Å². The molecule has 1 aliphatic rings. The Hall–Kier alpha value is -2.99. The van der Waals surface area contributed by atoms with Gasteiger partial charge in [-0.1, -0.05) is 30.3 Å². The van der Waals surface area contributed by atoms with Crippen LogP contribution in [0, 0.1) is 5.82 Å².